The maximum absolute atomic E-state index is 5.52. The van der Waals surface area contributed by atoms with Crippen LogP contribution in [0, 0.1) is 5.92 Å². The van der Waals surface area contributed by atoms with E-state index >= 15 is 0 Å². The summed E-state index contributed by atoms with van der Waals surface area (Å²) in [6.07, 6.45) is 7.40. The number of nitrogens with one attached hydrogen (secondary N) is 1. The molecule has 0 heterocycles. The normalized spacial score (nSPS) is 12.6. The lowest BCUT2D eigenvalue weighted by Gasteiger charge is -2.28. The van der Waals surface area contributed by atoms with E-state index in [2.05, 4.69) is 44.3 Å². The average Bonchev–Trinajstić information content (AvgIpc) is 2.51. The van der Waals surface area contributed by atoms with Crippen LogP contribution in [0.2, 0.25) is 0 Å². The Balaban J connectivity index is 2.84. The van der Waals surface area contributed by atoms with Crippen molar-refractivity contribution in [3.8, 4) is 5.75 Å². The molecule has 0 radical (unpaired) electrons. The molecule has 2 heteroatoms. The van der Waals surface area contributed by atoms with Crippen molar-refractivity contribution in [1.82, 2.24) is 5.32 Å². The molecule has 1 unspecified atom stereocenters. The van der Waals surface area contributed by atoms with Gasteiger partial charge in [0.1, 0.15) is 5.75 Å². The van der Waals surface area contributed by atoms with E-state index in [0.717, 1.165) is 24.6 Å². The summed E-state index contributed by atoms with van der Waals surface area (Å²) < 4.78 is 5.52. The van der Waals surface area contributed by atoms with Crippen LogP contribution in [0.1, 0.15) is 58.4 Å². The monoisotopic (exact) mass is 291 g/mol. The maximum Gasteiger partial charge on any atom is 0.122 e. The van der Waals surface area contributed by atoms with E-state index in [-0.39, 0.29) is 0 Å². The van der Waals surface area contributed by atoms with Crippen LogP contribution in [0.25, 0.3) is 0 Å². The highest BCUT2D eigenvalue weighted by Gasteiger charge is 2.21. The smallest absolute Gasteiger partial charge is 0.122 e. The Kier molecular flexibility index (Phi) is 9.16. The topological polar surface area (TPSA) is 21.3 Å². The summed E-state index contributed by atoms with van der Waals surface area (Å²) in [6, 6.07) is 8.99. The summed E-state index contributed by atoms with van der Waals surface area (Å²) >= 11 is 0. The Labute approximate surface area is 131 Å². The van der Waals surface area contributed by atoms with Gasteiger partial charge in [-0.3, -0.25) is 0 Å². The number of ether oxygens (including phenoxy) is 1. The number of hydrogen-bond acceptors (Lipinski definition) is 2. The van der Waals surface area contributed by atoms with E-state index in [0.29, 0.717) is 6.04 Å². The number of hydrogen-bond donors (Lipinski definition) is 1. The van der Waals surface area contributed by atoms with Crippen LogP contribution in [0.3, 0.4) is 0 Å². The van der Waals surface area contributed by atoms with Crippen LogP contribution in [0.5, 0.6) is 5.75 Å². The molecular formula is C19H33NO. The summed E-state index contributed by atoms with van der Waals surface area (Å²) in [7, 11) is 1.77. The van der Waals surface area contributed by atoms with Crippen molar-refractivity contribution in [2.75, 3.05) is 13.7 Å². The first-order valence-electron chi connectivity index (χ1n) is 8.61. The first kappa shape index (κ1) is 18.0. The molecular weight excluding hydrogens is 258 g/mol. The molecule has 0 amide bonds. The molecule has 1 aromatic rings. The molecule has 0 aliphatic heterocycles. The highest BCUT2D eigenvalue weighted by Crippen LogP contribution is 2.25. The Morgan fingerprint density at radius 1 is 1.00 bits per heavy atom. The molecule has 1 N–H and O–H groups in total. The molecule has 0 bridgehead atoms. The maximum atomic E-state index is 5.52. The molecule has 120 valence electrons. The van der Waals surface area contributed by atoms with E-state index in [9.17, 15) is 0 Å². The predicted molar refractivity (Wildman–Crippen MR) is 92.1 cm³/mol. The summed E-state index contributed by atoms with van der Waals surface area (Å²) in [5, 5.41) is 3.78. The molecule has 1 aromatic carbocycles. The molecule has 0 spiro atoms. The molecule has 0 fully saturated rings. The fourth-order valence-electron chi connectivity index (χ4n) is 3.13. The van der Waals surface area contributed by atoms with Crippen molar-refractivity contribution in [2.24, 2.45) is 5.92 Å². The van der Waals surface area contributed by atoms with Gasteiger partial charge in [-0.1, -0.05) is 51.8 Å². The van der Waals surface area contributed by atoms with Crippen LogP contribution in [0.4, 0.5) is 0 Å². The summed E-state index contributed by atoms with van der Waals surface area (Å²) in [4.78, 5) is 0. The highest BCUT2D eigenvalue weighted by atomic mass is 16.5. The van der Waals surface area contributed by atoms with E-state index in [4.69, 9.17) is 4.74 Å². The molecule has 0 aliphatic rings. The van der Waals surface area contributed by atoms with Gasteiger partial charge in [0, 0.05) is 6.04 Å². The SMILES string of the molecule is CCCNC(Cc1ccccc1OC)C(CCC)CCC. The molecule has 1 atom stereocenters. The third kappa shape index (κ3) is 6.09. The van der Waals surface area contributed by atoms with Crippen molar-refractivity contribution < 1.29 is 4.74 Å². The second kappa shape index (κ2) is 10.7. The third-order valence-corrected chi connectivity index (χ3v) is 4.18. The van der Waals surface area contributed by atoms with Gasteiger partial charge in [-0.05, 0) is 49.8 Å². The number of benzene rings is 1. The van der Waals surface area contributed by atoms with Gasteiger partial charge in [0.15, 0.2) is 0 Å². The fourth-order valence-corrected chi connectivity index (χ4v) is 3.13. The standard InChI is InChI=1S/C19H33NO/c1-5-10-16(11-6-2)18(20-14-7-3)15-17-12-8-9-13-19(17)21-4/h8-9,12-13,16,18,20H,5-7,10-11,14-15H2,1-4H3. The van der Waals surface area contributed by atoms with Crippen molar-refractivity contribution in [2.45, 2.75) is 65.3 Å². The minimum absolute atomic E-state index is 0.557. The quantitative estimate of drug-likeness (QED) is 0.631. The van der Waals surface area contributed by atoms with Gasteiger partial charge in [-0.15, -0.1) is 0 Å². The lowest BCUT2D eigenvalue weighted by molar-refractivity contribution is 0.305. The average molecular weight is 291 g/mol. The van der Waals surface area contributed by atoms with Crippen LogP contribution < -0.4 is 10.1 Å². The largest absolute Gasteiger partial charge is 0.496 e. The molecule has 1 rings (SSSR count). The molecule has 0 aromatic heterocycles. The first-order chi connectivity index (χ1) is 10.3. The van der Waals surface area contributed by atoms with E-state index < -0.39 is 0 Å². The minimum Gasteiger partial charge on any atom is -0.496 e. The summed E-state index contributed by atoms with van der Waals surface area (Å²) in [6.45, 7) is 7.93. The van der Waals surface area contributed by atoms with Crippen LogP contribution >= 0.6 is 0 Å². The lowest BCUT2D eigenvalue weighted by Crippen LogP contribution is -2.38. The molecule has 0 aliphatic carbocycles. The minimum atomic E-state index is 0.557. The predicted octanol–water partition coefficient (Wildman–Crippen LogP) is 4.82. The second-order valence-electron chi connectivity index (χ2n) is 5.91. The number of methoxy groups -OCH3 is 1. The zero-order valence-corrected chi connectivity index (χ0v) is 14.3. The van der Waals surface area contributed by atoms with Gasteiger partial charge in [0.2, 0.25) is 0 Å². The first-order valence-corrected chi connectivity index (χ1v) is 8.61. The summed E-state index contributed by atoms with van der Waals surface area (Å²) in [5.41, 5.74) is 1.32. The van der Waals surface area contributed by atoms with Crippen molar-refractivity contribution in [3.63, 3.8) is 0 Å². The number of para-hydroxylation sites is 1. The van der Waals surface area contributed by atoms with Gasteiger partial charge < -0.3 is 10.1 Å². The van der Waals surface area contributed by atoms with Gasteiger partial charge in [-0.2, -0.15) is 0 Å². The number of rotatable bonds is 11. The summed E-state index contributed by atoms with van der Waals surface area (Å²) in [5.74, 6) is 1.78. The Morgan fingerprint density at radius 2 is 1.67 bits per heavy atom. The molecule has 0 saturated heterocycles. The van der Waals surface area contributed by atoms with Crippen LogP contribution in [0.15, 0.2) is 24.3 Å². The van der Waals surface area contributed by atoms with E-state index in [1.807, 2.05) is 6.07 Å². The fraction of sp³-hybridized carbons (Fsp3) is 0.684. The Bertz CT molecular complexity index is 372. The second-order valence-corrected chi connectivity index (χ2v) is 5.91. The van der Waals surface area contributed by atoms with Gasteiger partial charge in [-0.25, -0.2) is 0 Å². The lowest BCUT2D eigenvalue weighted by atomic mass is 9.86. The van der Waals surface area contributed by atoms with Gasteiger partial charge in [0.05, 0.1) is 7.11 Å². The zero-order chi connectivity index (χ0) is 15.5. The van der Waals surface area contributed by atoms with E-state index in [1.165, 1.54) is 37.7 Å². The van der Waals surface area contributed by atoms with Crippen molar-refractivity contribution >= 4 is 0 Å². The third-order valence-electron chi connectivity index (χ3n) is 4.18. The molecule has 21 heavy (non-hydrogen) atoms. The Hall–Kier alpha value is -1.02. The zero-order valence-electron chi connectivity index (χ0n) is 14.3. The molecule has 2 nitrogen and oxygen atoms in total. The molecule has 0 saturated carbocycles. The van der Waals surface area contributed by atoms with Crippen LogP contribution in [-0.4, -0.2) is 19.7 Å². The van der Waals surface area contributed by atoms with Crippen molar-refractivity contribution in [1.29, 1.82) is 0 Å². The van der Waals surface area contributed by atoms with E-state index in [1.54, 1.807) is 7.11 Å². The Morgan fingerprint density at radius 3 is 2.24 bits per heavy atom. The van der Waals surface area contributed by atoms with Crippen molar-refractivity contribution in [3.05, 3.63) is 29.8 Å². The van der Waals surface area contributed by atoms with Crippen LogP contribution in [-0.2, 0) is 6.42 Å². The highest BCUT2D eigenvalue weighted by molar-refractivity contribution is 5.33. The van der Waals surface area contributed by atoms with Gasteiger partial charge >= 0.3 is 0 Å². The van der Waals surface area contributed by atoms with Gasteiger partial charge in [0.25, 0.3) is 0 Å².